The first-order valence-corrected chi connectivity index (χ1v) is 8.90. The molecule has 0 saturated carbocycles. The molecule has 8 nitrogen and oxygen atoms in total. The molecule has 0 unspecified atom stereocenters. The highest BCUT2D eigenvalue weighted by molar-refractivity contribution is 6.22. The van der Waals surface area contributed by atoms with E-state index < -0.39 is 11.7 Å². The van der Waals surface area contributed by atoms with Gasteiger partial charge in [0.05, 0.1) is 35.8 Å². The van der Waals surface area contributed by atoms with Crippen LogP contribution >= 0.6 is 0 Å². The van der Waals surface area contributed by atoms with Gasteiger partial charge in [-0.2, -0.15) is 0 Å². The van der Waals surface area contributed by atoms with Crippen LogP contribution in [0, 0.1) is 5.92 Å². The van der Waals surface area contributed by atoms with Crippen LogP contribution in [0.5, 0.6) is 0 Å². The number of oxime groups is 1. The van der Waals surface area contributed by atoms with Crippen molar-refractivity contribution in [1.82, 2.24) is 9.80 Å². The van der Waals surface area contributed by atoms with Crippen LogP contribution in [0.4, 0.5) is 4.79 Å². The minimum Gasteiger partial charge on any atom is -0.444 e. The fourth-order valence-electron chi connectivity index (χ4n) is 3.57. The van der Waals surface area contributed by atoms with E-state index in [-0.39, 0.29) is 30.4 Å². The molecule has 4 rings (SSSR count). The number of likely N-dealkylation sites (tertiary alicyclic amines) is 1. The van der Waals surface area contributed by atoms with Gasteiger partial charge in [-0.25, -0.2) is 4.79 Å². The zero-order valence-corrected chi connectivity index (χ0v) is 15.5. The molecule has 3 heterocycles. The van der Waals surface area contributed by atoms with Crippen molar-refractivity contribution in [3.05, 3.63) is 35.4 Å². The molecule has 0 aromatic heterocycles. The molecular formula is C19H21N3O5. The summed E-state index contributed by atoms with van der Waals surface area (Å²) in [5, 5.41) is 4.08. The number of nitrogens with zero attached hydrogens (tertiary/aromatic N) is 3. The number of ether oxygens (including phenoxy) is 1. The van der Waals surface area contributed by atoms with E-state index in [1.165, 1.54) is 4.90 Å². The third-order valence-corrected chi connectivity index (χ3v) is 4.85. The summed E-state index contributed by atoms with van der Waals surface area (Å²) in [6.45, 7) is 6.26. The summed E-state index contributed by atoms with van der Waals surface area (Å²) in [7, 11) is 0. The fourth-order valence-corrected chi connectivity index (χ4v) is 3.57. The van der Waals surface area contributed by atoms with E-state index in [4.69, 9.17) is 9.57 Å². The van der Waals surface area contributed by atoms with E-state index in [9.17, 15) is 14.4 Å². The minimum atomic E-state index is -0.577. The lowest BCUT2D eigenvalue weighted by Gasteiger charge is -2.24. The predicted octanol–water partition coefficient (Wildman–Crippen LogP) is 1.90. The van der Waals surface area contributed by atoms with Gasteiger partial charge in [0.25, 0.3) is 11.8 Å². The summed E-state index contributed by atoms with van der Waals surface area (Å²) in [4.78, 5) is 45.6. The Morgan fingerprint density at radius 3 is 2.41 bits per heavy atom. The molecule has 8 heteroatoms. The first kappa shape index (κ1) is 17.5. The Hall–Kier alpha value is -2.90. The third-order valence-electron chi connectivity index (χ3n) is 4.85. The minimum absolute atomic E-state index is 0.0652. The number of rotatable bonds is 2. The molecule has 0 bridgehead atoms. The number of amides is 3. The number of carbonyl (C=O) groups is 3. The van der Waals surface area contributed by atoms with Gasteiger partial charge in [0.15, 0.2) is 6.10 Å². The van der Waals surface area contributed by atoms with E-state index in [1.54, 1.807) is 29.2 Å². The molecule has 142 valence electrons. The highest BCUT2D eigenvalue weighted by Crippen LogP contribution is 2.30. The average molecular weight is 371 g/mol. The molecule has 1 saturated heterocycles. The zero-order valence-electron chi connectivity index (χ0n) is 15.5. The van der Waals surface area contributed by atoms with Gasteiger partial charge < -0.3 is 14.5 Å². The standard InChI is InChI=1S/C19H21N3O5/c1-19(2,3)26-18(25)21-8-13-14(20-27-15(13)10-21)9-22-16(23)11-6-4-5-7-12(11)17(22)24/h4-7,13,15H,8-10H2,1-3H3/t13-,15-/m0/s1. The Bertz CT molecular complexity index is 822. The van der Waals surface area contributed by atoms with Gasteiger partial charge in [0.2, 0.25) is 0 Å². The van der Waals surface area contributed by atoms with Crippen LogP contribution < -0.4 is 0 Å². The Labute approximate surface area is 156 Å². The molecule has 2 atom stereocenters. The van der Waals surface area contributed by atoms with Crippen molar-refractivity contribution in [2.24, 2.45) is 11.1 Å². The molecule has 0 aliphatic carbocycles. The first-order valence-electron chi connectivity index (χ1n) is 8.90. The quantitative estimate of drug-likeness (QED) is 0.741. The number of carbonyl (C=O) groups excluding carboxylic acids is 3. The molecular weight excluding hydrogens is 350 g/mol. The van der Waals surface area contributed by atoms with Gasteiger partial charge in [0.1, 0.15) is 5.60 Å². The molecule has 3 amide bonds. The number of hydrogen-bond donors (Lipinski definition) is 0. The first-order chi connectivity index (χ1) is 12.7. The van der Waals surface area contributed by atoms with Gasteiger partial charge in [-0.15, -0.1) is 0 Å². The Balaban J connectivity index is 1.44. The Morgan fingerprint density at radius 1 is 1.19 bits per heavy atom. The largest absolute Gasteiger partial charge is 0.444 e. The van der Waals surface area contributed by atoms with Crippen LogP contribution in [0.2, 0.25) is 0 Å². The maximum atomic E-state index is 12.5. The lowest BCUT2D eigenvalue weighted by molar-refractivity contribution is 0.0227. The van der Waals surface area contributed by atoms with Gasteiger partial charge >= 0.3 is 6.09 Å². The molecule has 3 aliphatic rings. The van der Waals surface area contributed by atoms with Gasteiger partial charge in [-0.05, 0) is 32.9 Å². The summed E-state index contributed by atoms with van der Waals surface area (Å²) in [5.74, 6) is -0.811. The maximum absolute atomic E-state index is 12.5. The summed E-state index contributed by atoms with van der Waals surface area (Å²) in [6.07, 6.45) is -0.678. The molecule has 0 spiro atoms. The Kier molecular flexibility index (Phi) is 3.94. The van der Waals surface area contributed by atoms with Gasteiger partial charge in [-0.1, -0.05) is 17.3 Å². The third kappa shape index (κ3) is 3.05. The smallest absolute Gasteiger partial charge is 0.410 e. The molecule has 3 aliphatic heterocycles. The summed E-state index contributed by atoms with van der Waals surface area (Å²) < 4.78 is 5.40. The lowest BCUT2D eigenvalue weighted by Crippen LogP contribution is -2.39. The molecule has 1 fully saturated rings. The van der Waals surface area contributed by atoms with Crippen molar-refractivity contribution in [2.75, 3.05) is 19.6 Å². The molecule has 27 heavy (non-hydrogen) atoms. The second-order valence-electron chi connectivity index (χ2n) is 7.96. The van der Waals surface area contributed by atoms with Crippen LogP contribution in [0.15, 0.2) is 29.4 Å². The van der Waals surface area contributed by atoms with Crippen molar-refractivity contribution in [1.29, 1.82) is 0 Å². The van der Waals surface area contributed by atoms with Crippen molar-refractivity contribution < 1.29 is 24.0 Å². The summed E-state index contributed by atoms with van der Waals surface area (Å²) in [6, 6.07) is 6.75. The van der Waals surface area contributed by atoms with Crippen LogP contribution in [-0.2, 0) is 9.57 Å². The zero-order chi connectivity index (χ0) is 19.3. The molecule has 1 aromatic rings. The molecule has 1 aromatic carbocycles. The van der Waals surface area contributed by atoms with Crippen molar-refractivity contribution in [2.45, 2.75) is 32.5 Å². The van der Waals surface area contributed by atoms with Crippen molar-refractivity contribution >= 4 is 23.6 Å². The van der Waals surface area contributed by atoms with E-state index >= 15 is 0 Å². The topological polar surface area (TPSA) is 88.5 Å². The lowest BCUT2D eigenvalue weighted by atomic mass is 10.0. The van der Waals surface area contributed by atoms with Crippen molar-refractivity contribution in [3.63, 3.8) is 0 Å². The van der Waals surface area contributed by atoms with Crippen LogP contribution in [-0.4, -0.2) is 64.8 Å². The maximum Gasteiger partial charge on any atom is 0.410 e. The monoisotopic (exact) mass is 371 g/mol. The highest BCUT2D eigenvalue weighted by Gasteiger charge is 2.47. The fraction of sp³-hybridized carbons (Fsp3) is 0.474. The SMILES string of the molecule is CC(C)(C)OC(=O)N1C[C@@H]2ON=C(CN3C(=O)c4ccccc4C3=O)[C@@H]2C1. The second kappa shape index (κ2) is 6.07. The van der Waals surface area contributed by atoms with Gasteiger partial charge in [0, 0.05) is 6.54 Å². The Morgan fingerprint density at radius 2 is 1.81 bits per heavy atom. The normalized spacial score (nSPS) is 23.9. The van der Waals surface area contributed by atoms with Crippen LogP contribution in [0.1, 0.15) is 41.5 Å². The number of imide groups is 1. The van der Waals surface area contributed by atoms with Crippen LogP contribution in [0.25, 0.3) is 0 Å². The average Bonchev–Trinajstić information content (AvgIpc) is 3.24. The van der Waals surface area contributed by atoms with E-state index in [1.807, 2.05) is 20.8 Å². The highest BCUT2D eigenvalue weighted by atomic mass is 16.6. The summed E-state index contributed by atoms with van der Waals surface area (Å²) >= 11 is 0. The van der Waals surface area contributed by atoms with Crippen LogP contribution in [0.3, 0.4) is 0 Å². The number of hydrogen-bond acceptors (Lipinski definition) is 6. The second-order valence-corrected chi connectivity index (χ2v) is 7.96. The van der Waals surface area contributed by atoms with Crippen molar-refractivity contribution in [3.8, 4) is 0 Å². The predicted molar refractivity (Wildman–Crippen MR) is 95.4 cm³/mol. The summed E-state index contributed by atoms with van der Waals surface area (Å²) in [5.41, 5.74) is 0.827. The number of benzene rings is 1. The van der Waals surface area contributed by atoms with Gasteiger partial charge in [-0.3, -0.25) is 14.5 Å². The molecule has 0 N–H and O–H groups in total. The van der Waals surface area contributed by atoms with E-state index in [0.29, 0.717) is 29.9 Å². The molecule has 0 radical (unpaired) electrons. The number of fused-ring (bicyclic) bond motifs is 2. The van der Waals surface area contributed by atoms with E-state index in [0.717, 1.165) is 0 Å². The van der Waals surface area contributed by atoms with E-state index in [2.05, 4.69) is 5.16 Å².